The topological polar surface area (TPSA) is 19.6 Å². The van der Waals surface area contributed by atoms with Crippen molar-refractivity contribution in [3.8, 4) is 22.3 Å². The molecule has 0 saturated heterocycles. The molecule has 62 heavy (non-hydrogen) atoms. The van der Waals surface area contributed by atoms with Gasteiger partial charge in [-0.3, -0.25) is 0 Å². The van der Waals surface area contributed by atoms with Crippen LogP contribution in [0.25, 0.3) is 75.1 Å². The lowest BCUT2D eigenvalue weighted by Crippen LogP contribution is -2.61. The van der Waals surface area contributed by atoms with E-state index in [1.165, 1.54) is 97.7 Å². The van der Waals surface area contributed by atoms with Crippen LogP contribution in [0.1, 0.15) is 31.9 Å². The number of fused-ring (bicyclic) bond motifs is 13. The van der Waals surface area contributed by atoms with Crippen LogP contribution < -0.4 is 20.6 Å². The third-order valence-electron chi connectivity index (χ3n) is 13.5. The molecule has 13 rings (SSSR count). The van der Waals surface area contributed by atoms with Gasteiger partial charge in [0.1, 0.15) is 11.2 Å². The molecule has 0 fully saturated rings. The summed E-state index contributed by atoms with van der Waals surface area (Å²) in [4.78, 5) is 5.21. The number of benzene rings is 9. The number of hydrogen-bond acceptors (Lipinski definition) is 4. The van der Waals surface area contributed by atoms with Gasteiger partial charge in [0.15, 0.2) is 0 Å². The SMILES string of the molecule is Cc1cc(-c2ccccc2)ccc1N1c2cc3sc4ccccc4c3cc2B2c3c1cc1oc4ccccc4c1c3-c1c(ccc3ccccc13)N2c1ccc(C(C)(C)C)cc1. The van der Waals surface area contributed by atoms with Crippen molar-refractivity contribution in [1.29, 1.82) is 0 Å². The van der Waals surface area contributed by atoms with Crippen LogP contribution in [-0.2, 0) is 5.41 Å². The number of thiophene rings is 1. The maximum Gasteiger partial charge on any atom is 0.333 e. The molecule has 0 atom stereocenters. The zero-order chi connectivity index (χ0) is 41.4. The molecule has 0 bridgehead atoms. The van der Waals surface area contributed by atoms with Crippen molar-refractivity contribution in [1.82, 2.24) is 0 Å². The molecule has 0 amide bonds. The van der Waals surface area contributed by atoms with Gasteiger partial charge in [-0.15, -0.1) is 11.3 Å². The highest BCUT2D eigenvalue weighted by atomic mass is 32.1. The molecule has 5 heteroatoms. The minimum atomic E-state index is -0.148. The van der Waals surface area contributed by atoms with E-state index in [9.17, 15) is 0 Å². The van der Waals surface area contributed by atoms with Crippen LogP contribution in [-0.4, -0.2) is 6.85 Å². The summed E-state index contributed by atoms with van der Waals surface area (Å²) < 4.78 is 9.54. The Labute approximate surface area is 365 Å². The van der Waals surface area contributed by atoms with E-state index in [-0.39, 0.29) is 12.3 Å². The second kappa shape index (κ2) is 13.0. The number of hydrogen-bond donors (Lipinski definition) is 0. The molecule has 4 heterocycles. The molecule has 0 aliphatic carbocycles. The molecule has 0 saturated carbocycles. The Balaban J connectivity index is 1.21. The molecular weight excluding hydrogens is 772 g/mol. The zero-order valence-electron chi connectivity index (χ0n) is 35.0. The van der Waals surface area contributed by atoms with E-state index >= 15 is 0 Å². The Hall–Kier alpha value is -7.08. The Kier molecular flexibility index (Phi) is 7.46. The van der Waals surface area contributed by atoms with Crippen molar-refractivity contribution in [2.45, 2.75) is 33.1 Å². The number of anilines is 5. The monoisotopic (exact) mass is 812 g/mol. The average molecular weight is 813 g/mol. The van der Waals surface area contributed by atoms with Gasteiger partial charge in [-0.25, -0.2) is 0 Å². The fourth-order valence-corrected chi connectivity index (χ4v) is 11.7. The van der Waals surface area contributed by atoms with Crippen molar-refractivity contribution >= 4 is 110 Å². The second-order valence-electron chi connectivity index (χ2n) is 18.1. The summed E-state index contributed by atoms with van der Waals surface area (Å²) in [6.07, 6.45) is 0. The molecule has 0 spiro atoms. The molecule has 3 nitrogen and oxygen atoms in total. The van der Waals surface area contributed by atoms with Crippen molar-refractivity contribution in [3.05, 3.63) is 187 Å². The standard InChI is InChI=1S/C57H41BN2OS/c1-34-30-37(35-14-6-5-7-15-35)23-28-45(34)59-47-33-52-43(41-18-11-13-21-51(41)62-52)31-44(47)58-56-48(59)32-50-54(42-19-10-12-20-49(42)61-50)55(56)53-40-17-9-8-16-36(40)22-29-46(53)60(58)39-26-24-38(25-27-39)57(2,3)4/h5-33H,1-4H3. The smallest absolute Gasteiger partial charge is 0.333 e. The summed E-state index contributed by atoms with van der Waals surface area (Å²) in [6, 6.07) is 65.5. The molecule has 0 N–H and O–H groups in total. The predicted molar refractivity (Wildman–Crippen MR) is 267 cm³/mol. The van der Waals surface area contributed by atoms with Gasteiger partial charge in [-0.05, 0) is 110 Å². The Morgan fingerprint density at radius 1 is 0.516 bits per heavy atom. The summed E-state index contributed by atoms with van der Waals surface area (Å²) in [6.45, 7) is 9.01. The van der Waals surface area contributed by atoms with Crippen LogP contribution in [0.2, 0.25) is 0 Å². The van der Waals surface area contributed by atoms with E-state index < -0.39 is 0 Å². The molecule has 0 radical (unpaired) electrons. The van der Waals surface area contributed by atoms with E-state index in [0.717, 1.165) is 27.9 Å². The van der Waals surface area contributed by atoms with Gasteiger partial charge in [0.25, 0.3) is 0 Å². The summed E-state index contributed by atoms with van der Waals surface area (Å²) in [5.74, 6) is 0. The highest BCUT2D eigenvalue weighted by Crippen LogP contribution is 2.53. The minimum Gasteiger partial charge on any atom is -0.456 e. The molecular formula is C57H41BN2OS. The first-order valence-corrected chi connectivity index (χ1v) is 22.4. The fourth-order valence-electron chi connectivity index (χ4n) is 10.6. The first kappa shape index (κ1) is 35.7. The van der Waals surface area contributed by atoms with E-state index in [4.69, 9.17) is 4.42 Å². The van der Waals surface area contributed by atoms with Gasteiger partial charge in [0.2, 0.25) is 0 Å². The van der Waals surface area contributed by atoms with Crippen LogP contribution in [0.4, 0.5) is 28.4 Å². The number of nitrogens with zero attached hydrogens (tertiary/aromatic N) is 2. The number of para-hydroxylation sites is 1. The van der Waals surface area contributed by atoms with E-state index in [0.29, 0.717) is 0 Å². The van der Waals surface area contributed by atoms with Gasteiger partial charge >= 0.3 is 6.85 Å². The summed E-state index contributed by atoms with van der Waals surface area (Å²) in [7, 11) is 0. The summed E-state index contributed by atoms with van der Waals surface area (Å²) in [5.41, 5.74) is 17.7. The zero-order valence-corrected chi connectivity index (χ0v) is 35.8. The first-order valence-electron chi connectivity index (χ1n) is 21.6. The van der Waals surface area contributed by atoms with E-state index in [1.54, 1.807) is 0 Å². The Bertz CT molecular complexity index is 3650. The van der Waals surface area contributed by atoms with Gasteiger partial charge in [-0.2, -0.15) is 0 Å². The number of aryl methyl sites for hydroxylation is 1. The quantitative estimate of drug-likeness (QED) is 0.166. The number of rotatable bonds is 3. The molecule has 0 unspecified atom stereocenters. The molecule has 11 aromatic rings. The third kappa shape index (κ3) is 5.06. The van der Waals surface area contributed by atoms with Gasteiger partial charge in [0.05, 0.1) is 0 Å². The maximum absolute atomic E-state index is 6.96. The lowest BCUT2D eigenvalue weighted by atomic mass is 9.43. The Morgan fingerprint density at radius 3 is 2.05 bits per heavy atom. The predicted octanol–water partition coefficient (Wildman–Crippen LogP) is 15.1. The Morgan fingerprint density at radius 2 is 1.24 bits per heavy atom. The number of furan rings is 1. The third-order valence-corrected chi connectivity index (χ3v) is 14.6. The van der Waals surface area contributed by atoms with E-state index in [1.807, 2.05) is 11.3 Å². The lowest BCUT2D eigenvalue weighted by Gasteiger charge is -2.46. The van der Waals surface area contributed by atoms with Crippen molar-refractivity contribution < 1.29 is 4.42 Å². The van der Waals surface area contributed by atoms with Crippen LogP contribution in [0.15, 0.2) is 180 Å². The van der Waals surface area contributed by atoms with Gasteiger partial charge in [0, 0.05) is 71.0 Å². The fraction of sp³-hybridized carbons (Fsp3) is 0.0877. The molecule has 2 aromatic heterocycles. The summed E-state index contributed by atoms with van der Waals surface area (Å²) >= 11 is 1.88. The van der Waals surface area contributed by atoms with Crippen LogP contribution >= 0.6 is 11.3 Å². The maximum atomic E-state index is 6.96. The van der Waals surface area contributed by atoms with Crippen molar-refractivity contribution in [2.24, 2.45) is 0 Å². The highest BCUT2D eigenvalue weighted by Gasteiger charge is 2.47. The van der Waals surface area contributed by atoms with Crippen LogP contribution in [0.3, 0.4) is 0 Å². The van der Waals surface area contributed by atoms with Gasteiger partial charge < -0.3 is 14.1 Å². The van der Waals surface area contributed by atoms with Crippen LogP contribution in [0.5, 0.6) is 0 Å². The normalized spacial score (nSPS) is 13.4. The summed E-state index contributed by atoms with van der Waals surface area (Å²) in [5, 5.41) is 7.37. The van der Waals surface area contributed by atoms with E-state index in [2.05, 4.69) is 213 Å². The molecule has 2 aliphatic rings. The van der Waals surface area contributed by atoms with Crippen molar-refractivity contribution in [2.75, 3.05) is 9.71 Å². The molecule has 2 aliphatic heterocycles. The average Bonchev–Trinajstić information content (AvgIpc) is 3.86. The lowest BCUT2D eigenvalue weighted by molar-refractivity contribution is 0.590. The second-order valence-corrected chi connectivity index (χ2v) is 19.2. The minimum absolute atomic E-state index is 0.0275. The van der Waals surface area contributed by atoms with Crippen LogP contribution in [0, 0.1) is 6.92 Å². The molecule has 9 aromatic carbocycles. The first-order chi connectivity index (χ1) is 30.3. The largest absolute Gasteiger partial charge is 0.456 e. The highest BCUT2D eigenvalue weighted by molar-refractivity contribution is 7.26. The van der Waals surface area contributed by atoms with Crippen molar-refractivity contribution in [3.63, 3.8) is 0 Å². The van der Waals surface area contributed by atoms with Gasteiger partial charge in [-0.1, -0.05) is 142 Å². The molecule has 294 valence electrons.